The molecule has 0 saturated carbocycles. The van der Waals surface area contributed by atoms with Crippen LogP contribution in [0.15, 0.2) is 12.7 Å². The number of methoxy groups -OCH3 is 1. The molecule has 0 spiro atoms. The lowest BCUT2D eigenvalue weighted by Gasteiger charge is -1.98. The standard InChI is InChI=1S/C4H12OSi.C4H8O/c1-4-5-6(2)3;1-3-4-5-2/h6H,4H2,1-3H3;3H,1,4H2,2H3. The van der Waals surface area contributed by atoms with E-state index in [0.717, 1.165) is 6.61 Å². The van der Waals surface area contributed by atoms with E-state index in [1.54, 1.807) is 13.2 Å². The molecule has 0 rings (SSSR count). The first-order chi connectivity index (χ1) is 5.18. The van der Waals surface area contributed by atoms with Crippen LogP contribution in [-0.4, -0.2) is 29.4 Å². The molecular weight excluding hydrogens is 156 g/mol. The second kappa shape index (κ2) is 12.5. The Morgan fingerprint density at radius 3 is 2.00 bits per heavy atom. The maximum atomic E-state index is 5.18. The van der Waals surface area contributed by atoms with Gasteiger partial charge in [0.25, 0.3) is 0 Å². The van der Waals surface area contributed by atoms with Gasteiger partial charge in [0.1, 0.15) is 0 Å². The van der Waals surface area contributed by atoms with Crippen molar-refractivity contribution in [3.8, 4) is 0 Å². The lowest BCUT2D eigenvalue weighted by molar-refractivity contribution is 0.234. The summed E-state index contributed by atoms with van der Waals surface area (Å²) in [6.07, 6.45) is 1.71. The molecule has 0 aliphatic heterocycles. The second-order valence-electron chi connectivity index (χ2n) is 2.25. The summed E-state index contributed by atoms with van der Waals surface area (Å²) in [5.74, 6) is 0. The van der Waals surface area contributed by atoms with E-state index in [1.807, 2.05) is 6.92 Å². The normalized spacial score (nSPS) is 8.82. The van der Waals surface area contributed by atoms with Gasteiger partial charge in [-0.3, -0.25) is 0 Å². The predicted molar refractivity (Wildman–Crippen MR) is 52.6 cm³/mol. The topological polar surface area (TPSA) is 18.5 Å². The summed E-state index contributed by atoms with van der Waals surface area (Å²) in [5.41, 5.74) is 0. The van der Waals surface area contributed by atoms with Crippen molar-refractivity contribution in [2.75, 3.05) is 20.3 Å². The van der Waals surface area contributed by atoms with Crippen molar-refractivity contribution in [1.29, 1.82) is 0 Å². The Kier molecular flexibility index (Phi) is 15.4. The van der Waals surface area contributed by atoms with Crippen LogP contribution in [0, 0.1) is 0 Å². The van der Waals surface area contributed by atoms with Crippen molar-refractivity contribution in [1.82, 2.24) is 0 Å². The molecule has 0 aliphatic carbocycles. The fourth-order valence-electron chi connectivity index (χ4n) is 0.451. The van der Waals surface area contributed by atoms with E-state index in [9.17, 15) is 0 Å². The van der Waals surface area contributed by atoms with Crippen molar-refractivity contribution in [2.45, 2.75) is 20.0 Å². The van der Waals surface area contributed by atoms with Gasteiger partial charge in [0.05, 0.1) is 6.61 Å². The highest BCUT2D eigenvalue weighted by Gasteiger charge is 1.87. The van der Waals surface area contributed by atoms with E-state index in [4.69, 9.17) is 4.43 Å². The van der Waals surface area contributed by atoms with Crippen molar-refractivity contribution in [3.63, 3.8) is 0 Å². The molecule has 11 heavy (non-hydrogen) atoms. The van der Waals surface area contributed by atoms with Crippen LogP contribution in [0.1, 0.15) is 6.92 Å². The zero-order valence-corrected chi connectivity index (χ0v) is 9.25. The average Bonchev–Trinajstić information content (AvgIpc) is 1.90. The lowest BCUT2D eigenvalue weighted by atomic mass is 10.7. The highest BCUT2D eigenvalue weighted by molar-refractivity contribution is 6.48. The van der Waals surface area contributed by atoms with E-state index in [2.05, 4.69) is 24.4 Å². The fraction of sp³-hybridized carbons (Fsp3) is 0.750. The van der Waals surface area contributed by atoms with Crippen LogP contribution in [0.2, 0.25) is 13.1 Å². The molecule has 0 N–H and O–H groups in total. The van der Waals surface area contributed by atoms with Crippen LogP contribution in [-0.2, 0) is 9.16 Å². The van der Waals surface area contributed by atoms with Crippen LogP contribution in [0.4, 0.5) is 0 Å². The summed E-state index contributed by atoms with van der Waals surface area (Å²) in [4.78, 5) is 0. The van der Waals surface area contributed by atoms with E-state index in [0.29, 0.717) is 6.61 Å². The predicted octanol–water partition coefficient (Wildman–Crippen LogP) is 1.83. The van der Waals surface area contributed by atoms with Gasteiger partial charge in [-0.05, 0) is 20.0 Å². The first kappa shape index (κ1) is 13.5. The van der Waals surface area contributed by atoms with Gasteiger partial charge in [-0.25, -0.2) is 0 Å². The maximum absolute atomic E-state index is 5.18. The third-order valence-electron chi connectivity index (χ3n) is 0.785. The molecule has 0 saturated heterocycles. The summed E-state index contributed by atoms with van der Waals surface area (Å²) < 4.78 is 9.75. The molecule has 0 aliphatic rings. The third-order valence-corrected chi connectivity index (χ3v) is 1.78. The van der Waals surface area contributed by atoms with Gasteiger partial charge in [0, 0.05) is 13.7 Å². The monoisotopic (exact) mass is 176 g/mol. The van der Waals surface area contributed by atoms with Crippen LogP contribution in [0.25, 0.3) is 0 Å². The van der Waals surface area contributed by atoms with Crippen molar-refractivity contribution >= 4 is 9.04 Å². The summed E-state index contributed by atoms with van der Waals surface area (Å²) in [7, 11) is 0.970. The first-order valence-corrected chi connectivity index (χ1v) is 6.68. The minimum Gasteiger partial charge on any atom is -0.421 e. The lowest BCUT2D eigenvalue weighted by Crippen LogP contribution is -2.05. The van der Waals surface area contributed by atoms with E-state index in [-0.39, 0.29) is 0 Å². The Bertz CT molecular complexity index is 74.5. The highest BCUT2D eigenvalue weighted by Crippen LogP contribution is 1.79. The van der Waals surface area contributed by atoms with Gasteiger partial charge in [-0.2, -0.15) is 0 Å². The van der Waals surface area contributed by atoms with E-state index < -0.39 is 9.04 Å². The third kappa shape index (κ3) is 25.8. The average molecular weight is 176 g/mol. The Morgan fingerprint density at radius 2 is 2.00 bits per heavy atom. The van der Waals surface area contributed by atoms with Crippen molar-refractivity contribution in [2.24, 2.45) is 0 Å². The molecule has 3 heteroatoms. The van der Waals surface area contributed by atoms with Crippen LogP contribution >= 0.6 is 0 Å². The molecule has 0 aromatic carbocycles. The molecule has 0 fully saturated rings. The van der Waals surface area contributed by atoms with Crippen LogP contribution in [0.3, 0.4) is 0 Å². The minimum absolute atomic E-state index is 0.653. The summed E-state index contributed by atoms with van der Waals surface area (Å²) >= 11 is 0. The summed E-state index contributed by atoms with van der Waals surface area (Å²) in [6, 6.07) is 0. The molecule has 0 radical (unpaired) electrons. The van der Waals surface area contributed by atoms with Gasteiger partial charge >= 0.3 is 0 Å². The van der Waals surface area contributed by atoms with Gasteiger partial charge in [-0.1, -0.05) is 6.08 Å². The van der Waals surface area contributed by atoms with Crippen molar-refractivity contribution in [3.05, 3.63) is 12.7 Å². The van der Waals surface area contributed by atoms with E-state index >= 15 is 0 Å². The Hall–Kier alpha value is -0.123. The Morgan fingerprint density at radius 1 is 1.45 bits per heavy atom. The number of rotatable bonds is 4. The Balaban J connectivity index is 0. The smallest absolute Gasteiger partial charge is 0.170 e. The molecule has 0 unspecified atom stereocenters. The van der Waals surface area contributed by atoms with Crippen molar-refractivity contribution < 1.29 is 9.16 Å². The van der Waals surface area contributed by atoms with Crippen LogP contribution in [0.5, 0.6) is 0 Å². The zero-order valence-electron chi connectivity index (χ0n) is 8.09. The van der Waals surface area contributed by atoms with Crippen LogP contribution < -0.4 is 0 Å². The van der Waals surface area contributed by atoms with Gasteiger partial charge in [0.2, 0.25) is 0 Å². The molecule has 0 aromatic rings. The molecular formula is C8H20O2Si. The maximum Gasteiger partial charge on any atom is 0.170 e. The van der Waals surface area contributed by atoms with Gasteiger partial charge in [-0.15, -0.1) is 6.58 Å². The molecule has 0 aromatic heterocycles. The SMILES string of the molecule is C=CCOC.CCO[SiH](C)C. The largest absolute Gasteiger partial charge is 0.421 e. The second-order valence-corrected chi connectivity index (χ2v) is 4.68. The molecule has 68 valence electrons. The summed E-state index contributed by atoms with van der Waals surface area (Å²) in [5, 5.41) is 0. The minimum atomic E-state index is -0.671. The number of ether oxygens (including phenoxy) is 1. The number of hydrogen-bond donors (Lipinski definition) is 0. The fourth-order valence-corrected chi connectivity index (χ4v) is 1.12. The molecule has 0 atom stereocenters. The molecule has 2 nitrogen and oxygen atoms in total. The zero-order chi connectivity index (χ0) is 9.11. The highest BCUT2D eigenvalue weighted by atomic mass is 28.3. The molecule has 0 bridgehead atoms. The summed E-state index contributed by atoms with van der Waals surface area (Å²) in [6.45, 7) is 11.3. The van der Waals surface area contributed by atoms with Gasteiger partial charge in [0.15, 0.2) is 9.04 Å². The quantitative estimate of drug-likeness (QED) is 0.480. The first-order valence-electron chi connectivity index (χ1n) is 3.90. The molecule has 0 heterocycles. The van der Waals surface area contributed by atoms with E-state index in [1.165, 1.54) is 0 Å². The number of hydrogen-bond acceptors (Lipinski definition) is 2. The Labute approximate surface area is 71.9 Å². The molecule has 0 amide bonds. The van der Waals surface area contributed by atoms with Gasteiger partial charge < -0.3 is 9.16 Å².